The molecule has 30 heavy (non-hydrogen) atoms. The van der Waals surface area contributed by atoms with Gasteiger partial charge in [-0.25, -0.2) is 14.8 Å². The molecule has 2 N–H and O–H groups in total. The van der Waals surface area contributed by atoms with Crippen LogP contribution in [0.5, 0.6) is 0 Å². The van der Waals surface area contributed by atoms with Gasteiger partial charge in [0.25, 0.3) is 0 Å². The molecule has 1 aliphatic rings. The Bertz CT molecular complexity index is 950. The lowest BCUT2D eigenvalue weighted by Crippen LogP contribution is -2.43. The molecule has 4 rings (SSSR count). The number of para-hydroxylation sites is 2. The van der Waals surface area contributed by atoms with Crippen molar-refractivity contribution in [3.05, 3.63) is 40.8 Å². The summed E-state index contributed by atoms with van der Waals surface area (Å²) in [5, 5.41) is 8.55. The average molecular weight is 429 g/mol. The summed E-state index contributed by atoms with van der Waals surface area (Å²) < 4.78 is 7.12. The van der Waals surface area contributed by atoms with Gasteiger partial charge in [0.15, 0.2) is 0 Å². The summed E-state index contributed by atoms with van der Waals surface area (Å²) in [6, 6.07) is 8.62. The highest BCUT2D eigenvalue weighted by molar-refractivity contribution is 7.07. The fourth-order valence-corrected chi connectivity index (χ4v) is 4.35. The number of fused-ring (bicyclic) bond motifs is 1. The number of alkyl carbamates (subject to hydrolysis) is 1. The van der Waals surface area contributed by atoms with E-state index < -0.39 is 0 Å². The maximum atomic E-state index is 11.4. The minimum absolute atomic E-state index is 0.340. The van der Waals surface area contributed by atoms with E-state index in [1.807, 2.05) is 24.6 Å². The average Bonchev–Trinajstić information content (AvgIpc) is 3.38. The van der Waals surface area contributed by atoms with Gasteiger partial charge in [-0.15, -0.1) is 11.3 Å². The molecule has 2 aromatic heterocycles. The fourth-order valence-electron chi connectivity index (χ4n) is 3.81. The van der Waals surface area contributed by atoms with Crippen molar-refractivity contribution >= 4 is 34.4 Å². The van der Waals surface area contributed by atoms with Crippen LogP contribution in [-0.4, -0.2) is 64.4 Å². The van der Waals surface area contributed by atoms with E-state index in [9.17, 15) is 4.79 Å². The van der Waals surface area contributed by atoms with Crippen LogP contribution in [0.1, 0.15) is 25.5 Å². The second kappa shape index (κ2) is 9.90. The van der Waals surface area contributed by atoms with E-state index in [2.05, 4.69) is 42.6 Å². The van der Waals surface area contributed by atoms with E-state index in [1.165, 1.54) is 0 Å². The third-order valence-electron chi connectivity index (χ3n) is 5.35. The SMILES string of the molecule is CCOC(=O)NCCN1CCC(Nc2nc3ccccc3n2Cc2cscn2)CC1. The molecule has 0 radical (unpaired) electrons. The summed E-state index contributed by atoms with van der Waals surface area (Å²) in [6.45, 7) is 6.36. The summed E-state index contributed by atoms with van der Waals surface area (Å²) in [4.78, 5) is 23.1. The van der Waals surface area contributed by atoms with Crippen molar-refractivity contribution in [1.82, 2.24) is 24.8 Å². The highest BCUT2D eigenvalue weighted by Crippen LogP contribution is 2.23. The summed E-state index contributed by atoms with van der Waals surface area (Å²) in [6.07, 6.45) is 1.74. The van der Waals surface area contributed by atoms with E-state index in [0.29, 0.717) is 25.7 Å². The molecule has 0 spiro atoms. The Kier molecular flexibility index (Phi) is 6.81. The Morgan fingerprint density at radius 1 is 1.30 bits per heavy atom. The lowest BCUT2D eigenvalue weighted by molar-refractivity contribution is 0.148. The first-order valence-electron chi connectivity index (χ1n) is 10.4. The maximum absolute atomic E-state index is 11.4. The molecule has 1 saturated heterocycles. The number of hydrogen-bond acceptors (Lipinski definition) is 7. The number of nitrogens with one attached hydrogen (secondary N) is 2. The largest absolute Gasteiger partial charge is 0.450 e. The number of piperidine rings is 1. The lowest BCUT2D eigenvalue weighted by atomic mass is 10.1. The second-order valence-electron chi connectivity index (χ2n) is 7.40. The molecule has 8 nitrogen and oxygen atoms in total. The lowest BCUT2D eigenvalue weighted by Gasteiger charge is -2.32. The number of anilines is 1. The first-order chi connectivity index (χ1) is 14.7. The molecule has 0 unspecified atom stereocenters. The number of amides is 1. The van der Waals surface area contributed by atoms with Crippen LogP contribution in [0.15, 0.2) is 35.2 Å². The van der Waals surface area contributed by atoms with Crippen LogP contribution in [0.2, 0.25) is 0 Å². The standard InChI is InChI=1S/C21H28N6O2S/c1-2-29-21(28)22-9-12-26-10-7-16(8-11-26)24-20-25-18-5-3-4-6-19(18)27(20)13-17-14-30-15-23-17/h3-6,14-16H,2,7-13H2,1H3,(H,22,28)(H,24,25). The smallest absolute Gasteiger partial charge is 0.407 e. The van der Waals surface area contributed by atoms with Gasteiger partial charge in [-0.3, -0.25) is 0 Å². The molecule has 0 aliphatic carbocycles. The molecule has 0 atom stereocenters. The number of aromatic nitrogens is 3. The predicted octanol–water partition coefficient (Wildman–Crippen LogP) is 3.16. The van der Waals surface area contributed by atoms with Gasteiger partial charge in [0.2, 0.25) is 5.95 Å². The zero-order valence-electron chi connectivity index (χ0n) is 17.2. The monoisotopic (exact) mass is 428 g/mol. The van der Waals surface area contributed by atoms with E-state index in [-0.39, 0.29) is 6.09 Å². The maximum Gasteiger partial charge on any atom is 0.407 e. The van der Waals surface area contributed by atoms with Crippen LogP contribution in [0.3, 0.4) is 0 Å². The van der Waals surface area contributed by atoms with Gasteiger partial charge in [-0.05, 0) is 31.9 Å². The Hall–Kier alpha value is -2.65. The molecular formula is C21H28N6O2S. The number of ether oxygens (including phenoxy) is 1. The number of likely N-dealkylation sites (tertiary alicyclic amines) is 1. The van der Waals surface area contributed by atoms with E-state index >= 15 is 0 Å². The van der Waals surface area contributed by atoms with Gasteiger partial charge >= 0.3 is 6.09 Å². The fraction of sp³-hybridized carbons (Fsp3) is 0.476. The van der Waals surface area contributed by atoms with Crippen LogP contribution < -0.4 is 10.6 Å². The minimum atomic E-state index is -0.340. The number of nitrogens with zero attached hydrogens (tertiary/aromatic N) is 4. The first-order valence-corrected chi connectivity index (χ1v) is 11.4. The Balaban J connectivity index is 1.34. The van der Waals surface area contributed by atoms with Crippen molar-refractivity contribution in [2.24, 2.45) is 0 Å². The minimum Gasteiger partial charge on any atom is -0.450 e. The highest BCUT2D eigenvalue weighted by Gasteiger charge is 2.21. The molecule has 1 aromatic carbocycles. The molecule has 1 amide bonds. The first kappa shape index (κ1) is 20.6. The molecule has 9 heteroatoms. The zero-order valence-corrected chi connectivity index (χ0v) is 18.0. The Morgan fingerprint density at radius 2 is 2.13 bits per heavy atom. The molecule has 3 aromatic rings. The zero-order chi connectivity index (χ0) is 20.8. The van der Waals surface area contributed by atoms with Gasteiger partial charge in [-0.1, -0.05) is 12.1 Å². The molecule has 0 bridgehead atoms. The number of thiazole rings is 1. The third-order valence-corrected chi connectivity index (χ3v) is 5.99. The van der Waals surface area contributed by atoms with Crippen LogP contribution in [0.25, 0.3) is 11.0 Å². The summed E-state index contributed by atoms with van der Waals surface area (Å²) in [5.41, 5.74) is 5.04. The number of carbonyl (C=O) groups excluding carboxylic acids is 1. The van der Waals surface area contributed by atoms with Gasteiger partial charge < -0.3 is 24.8 Å². The molecule has 1 aliphatic heterocycles. The van der Waals surface area contributed by atoms with Crippen molar-refractivity contribution in [1.29, 1.82) is 0 Å². The molecule has 1 fully saturated rings. The third kappa shape index (κ3) is 5.09. The molecule has 160 valence electrons. The van der Waals surface area contributed by atoms with Crippen LogP contribution in [-0.2, 0) is 11.3 Å². The molecule has 3 heterocycles. The number of rotatable bonds is 8. The molecular weight excluding hydrogens is 400 g/mol. The van der Waals surface area contributed by atoms with Gasteiger partial charge in [-0.2, -0.15) is 0 Å². The Labute approximate surface area is 180 Å². The van der Waals surface area contributed by atoms with E-state index in [4.69, 9.17) is 9.72 Å². The number of benzene rings is 1. The van der Waals surface area contributed by atoms with Crippen molar-refractivity contribution < 1.29 is 9.53 Å². The quantitative estimate of drug-likeness (QED) is 0.573. The number of imidazole rings is 1. The highest BCUT2D eigenvalue weighted by atomic mass is 32.1. The van der Waals surface area contributed by atoms with Gasteiger partial charge in [0, 0.05) is 37.6 Å². The van der Waals surface area contributed by atoms with Gasteiger partial charge in [0.1, 0.15) is 0 Å². The van der Waals surface area contributed by atoms with Crippen LogP contribution in [0.4, 0.5) is 10.7 Å². The number of carbonyl (C=O) groups is 1. The van der Waals surface area contributed by atoms with Crippen molar-refractivity contribution in [2.75, 3.05) is 38.1 Å². The van der Waals surface area contributed by atoms with Gasteiger partial charge in [0.05, 0.1) is 35.4 Å². The van der Waals surface area contributed by atoms with E-state index in [0.717, 1.165) is 55.2 Å². The van der Waals surface area contributed by atoms with Crippen molar-refractivity contribution in [3.8, 4) is 0 Å². The normalized spacial score (nSPS) is 15.4. The Morgan fingerprint density at radius 3 is 2.90 bits per heavy atom. The second-order valence-corrected chi connectivity index (χ2v) is 8.12. The van der Waals surface area contributed by atoms with Crippen LogP contribution in [0, 0.1) is 0 Å². The topological polar surface area (TPSA) is 84.3 Å². The predicted molar refractivity (Wildman–Crippen MR) is 119 cm³/mol. The molecule has 0 saturated carbocycles. The van der Waals surface area contributed by atoms with Crippen molar-refractivity contribution in [2.45, 2.75) is 32.4 Å². The number of hydrogen-bond donors (Lipinski definition) is 2. The summed E-state index contributed by atoms with van der Waals surface area (Å²) in [7, 11) is 0. The summed E-state index contributed by atoms with van der Waals surface area (Å²) >= 11 is 1.61. The van der Waals surface area contributed by atoms with E-state index in [1.54, 1.807) is 11.3 Å². The van der Waals surface area contributed by atoms with Crippen molar-refractivity contribution in [3.63, 3.8) is 0 Å². The van der Waals surface area contributed by atoms with Crippen LogP contribution >= 0.6 is 11.3 Å². The summed E-state index contributed by atoms with van der Waals surface area (Å²) in [5.74, 6) is 0.909.